The Bertz CT molecular complexity index is 319. The number of carbonyl (C=O) groups excluding carboxylic acids is 1. The third-order valence-corrected chi connectivity index (χ3v) is 4.08. The first-order valence-electron chi connectivity index (χ1n) is 6.72. The molecule has 0 bridgehead atoms. The molecule has 0 radical (unpaired) electrons. The Labute approximate surface area is 109 Å². The van der Waals surface area contributed by atoms with Crippen molar-refractivity contribution in [3.05, 3.63) is 0 Å². The number of likely N-dealkylation sites (tertiary alicyclic amines) is 1. The summed E-state index contributed by atoms with van der Waals surface area (Å²) in [4.78, 5) is 24.8. The fourth-order valence-electron chi connectivity index (χ4n) is 2.10. The van der Waals surface area contributed by atoms with E-state index in [0.717, 1.165) is 6.42 Å². The van der Waals surface area contributed by atoms with Crippen LogP contribution in [-0.2, 0) is 9.59 Å². The molecule has 1 unspecified atom stereocenters. The first-order valence-corrected chi connectivity index (χ1v) is 6.72. The predicted molar refractivity (Wildman–Crippen MR) is 70.2 cm³/mol. The molecular formula is C14H25NO3. The van der Waals surface area contributed by atoms with Gasteiger partial charge in [-0.25, -0.2) is 0 Å². The minimum atomic E-state index is -0.781. The number of carboxylic acid groups (broad SMARTS) is 1. The van der Waals surface area contributed by atoms with E-state index in [0.29, 0.717) is 31.8 Å². The molecule has 0 aromatic heterocycles. The van der Waals surface area contributed by atoms with Crippen molar-refractivity contribution in [3.63, 3.8) is 0 Å². The van der Waals surface area contributed by atoms with Crippen molar-refractivity contribution in [1.29, 1.82) is 0 Å². The lowest BCUT2D eigenvalue weighted by Gasteiger charge is -2.33. The smallest absolute Gasteiger partial charge is 0.308 e. The second-order valence-electron chi connectivity index (χ2n) is 6.49. The lowest BCUT2D eigenvalue weighted by atomic mass is 9.80. The van der Waals surface area contributed by atoms with Gasteiger partial charge in [-0.05, 0) is 24.2 Å². The van der Waals surface area contributed by atoms with Crippen molar-refractivity contribution < 1.29 is 14.7 Å². The van der Waals surface area contributed by atoms with E-state index < -0.39 is 5.97 Å². The lowest BCUT2D eigenvalue weighted by molar-refractivity contribution is -0.146. The fourth-order valence-corrected chi connectivity index (χ4v) is 2.10. The first kappa shape index (κ1) is 15.0. The van der Waals surface area contributed by atoms with Gasteiger partial charge in [-0.2, -0.15) is 0 Å². The molecule has 0 aromatic rings. The SMILES string of the molecule is CC(CC(=O)N1CCC[C@H](C(=O)O)C1)C(C)(C)C. The largest absolute Gasteiger partial charge is 0.481 e. The maximum absolute atomic E-state index is 12.2. The Balaban J connectivity index is 2.54. The highest BCUT2D eigenvalue weighted by atomic mass is 16.4. The molecule has 4 heteroatoms. The normalized spacial score (nSPS) is 22.7. The number of hydrogen-bond acceptors (Lipinski definition) is 2. The number of rotatable bonds is 3. The minimum absolute atomic E-state index is 0.100. The van der Waals surface area contributed by atoms with Gasteiger partial charge in [0.1, 0.15) is 0 Å². The average molecular weight is 255 g/mol. The molecule has 1 aliphatic rings. The van der Waals surface area contributed by atoms with Crippen LogP contribution in [0.25, 0.3) is 0 Å². The zero-order chi connectivity index (χ0) is 13.9. The molecule has 1 saturated heterocycles. The van der Waals surface area contributed by atoms with Crippen LogP contribution in [0, 0.1) is 17.3 Å². The van der Waals surface area contributed by atoms with E-state index in [1.807, 2.05) is 0 Å². The molecule has 0 aromatic carbocycles. The van der Waals surface area contributed by atoms with Crippen LogP contribution in [-0.4, -0.2) is 35.0 Å². The number of carbonyl (C=O) groups is 2. The van der Waals surface area contributed by atoms with Gasteiger partial charge in [0.25, 0.3) is 0 Å². The van der Waals surface area contributed by atoms with Gasteiger partial charge in [-0.15, -0.1) is 0 Å². The van der Waals surface area contributed by atoms with Gasteiger partial charge in [-0.3, -0.25) is 9.59 Å². The summed E-state index contributed by atoms with van der Waals surface area (Å²) < 4.78 is 0. The van der Waals surface area contributed by atoms with E-state index in [-0.39, 0.29) is 17.2 Å². The zero-order valence-corrected chi connectivity index (χ0v) is 11.9. The highest BCUT2D eigenvalue weighted by Gasteiger charge is 2.30. The maximum atomic E-state index is 12.2. The number of nitrogens with zero attached hydrogens (tertiary/aromatic N) is 1. The Morgan fingerprint density at radius 1 is 1.39 bits per heavy atom. The summed E-state index contributed by atoms with van der Waals surface area (Å²) in [6.07, 6.45) is 2.00. The zero-order valence-electron chi connectivity index (χ0n) is 11.9. The van der Waals surface area contributed by atoms with Crippen LogP contribution in [0.3, 0.4) is 0 Å². The van der Waals surface area contributed by atoms with Crippen molar-refractivity contribution in [2.24, 2.45) is 17.3 Å². The number of carboxylic acids is 1. The second kappa shape index (κ2) is 5.72. The molecule has 1 amide bonds. The van der Waals surface area contributed by atoms with Crippen molar-refractivity contribution in [2.75, 3.05) is 13.1 Å². The third kappa shape index (κ3) is 4.00. The summed E-state index contributed by atoms with van der Waals surface area (Å²) in [5, 5.41) is 9.01. The van der Waals surface area contributed by atoms with E-state index >= 15 is 0 Å². The summed E-state index contributed by atoms with van der Waals surface area (Å²) in [6.45, 7) is 9.55. The number of amides is 1. The molecule has 2 atom stereocenters. The number of piperidine rings is 1. The Morgan fingerprint density at radius 2 is 2.00 bits per heavy atom. The Hall–Kier alpha value is -1.06. The quantitative estimate of drug-likeness (QED) is 0.842. The first-order chi connectivity index (χ1) is 8.21. The van der Waals surface area contributed by atoms with Gasteiger partial charge in [0.2, 0.25) is 5.91 Å². The van der Waals surface area contributed by atoms with Crippen LogP contribution >= 0.6 is 0 Å². The van der Waals surface area contributed by atoms with Crippen LogP contribution in [0.1, 0.15) is 47.0 Å². The molecule has 0 aliphatic carbocycles. The Morgan fingerprint density at radius 3 is 2.50 bits per heavy atom. The highest BCUT2D eigenvalue weighted by molar-refractivity contribution is 5.78. The summed E-state index contributed by atoms with van der Waals surface area (Å²) in [5.74, 6) is -0.761. The molecule has 18 heavy (non-hydrogen) atoms. The average Bonchev–Trinajstić information content (AvgIpc) is 2.27. The van der Waals surface area contributed by atoms with E-state index in [1.165, 1.54) is 0 Å². The van der Waals surface area contributed by atoms with Gasteiger partial charge in [0.05, 0.1) is 5.92 Å². The predicted octanol–water partition coefficient (Wildman–Crippen LogP) is 2.38. The van der Waals surface area contributed by atoms with Crippen LogP contribution in [0.5, 0.6) is 0 Å². The monoisotopic (exact) mass is 255 g/mol. The maximum Gasteiger partial charge on any atom is 0.308 e. The minimum Gasteiger partial charge on any atom is -0.481 e. The van der Waals surface area contributed by atoms with E-state index in [4.69, 9.17) is 5.11 Å². The van der Waals surface area contributed by atoms with Crippen molar-refractivity contribution in [3.8, 4) is 0 Å². The molecule has 1 rings (SSSR count). The molecular weight excluding hydrogens is 230 g/mol. The molecule has 1 heterocycles. The van der Waals surface area contributed by atoms with Gasteiger partial charge in [0.15, 0.2) is 0 Å². The highest BCUT2D eigenvalue weighted by Crippen LogP contribution is 2.29. The van der Waals surface area contributed by atoms with Gasteiger partial charge in [0, 0.05) is 19.5 Å². The van der Waals surface area contributed by atoms with E-state index in [2.05, 4.69) is 27.7 Å². The number of aliphatic carboxylic acids is 1. The van der Waals surface area contributed by atoms with Crippen molar-refractivity contribution in [2.45, 2.75) is 47.0 Å². The van der Waals surface area contributed by atoms with Crippen molar-refractivity contribution in [1.82, 2.24) is 4.90 Å². The molecule has 1 N–H and O–H groups in total. The molecule has 4 nitrogen and oxygen atoms in total. The number of hydrogen-bond donors (Lipinski definition) is 1. The molecule has 1 fully saturated rings. The van der Waals surface area contributed by atoms with Gasteiger partial charge < -0.3 is 10.0 Å². The molecule has 0 spiro atoms. The molecule has 1 aliphatic heterocycles. The summed E-state index contributed by atoms with van der Waals surface area (Å²) in [7, 11) is 0. The van der Waals surface area contributed by atoms with E-state index in [1.54, 1.807) is 4.90 Å². The van der Waals surface area contributed by atoms with Crippen LogP contribution in [0.2, 0.25) is 0 Å². The van der Waals surface area contributed by atoms with Crippen LogP contribution in [0.4, 0.5) is 0 Å². The summed E-state index contributed by atoms with van der Waals surface area (Å²) >= 11 is 0. The summed E-state index contributed by atoms with van der Waals surface area (Å²) in [6, 6.07) is 0. The van der Waals surface area contributed by atoms with Crippen LogP contribution < -0.4 is 0 Å². The van der Waals surface area contributed by atoms with Crippen molar-refractivity contribution >= 4 is 11.9 Å². The summed E-state index contributed by atoms with van der Waals surface area (Å²) in [5.41, 5.74) is 0.109. The van der Waals surface area contributed by atoms with E-state index in [9.17, 15) is 9.59 Å². The van der Waals surface area contributed by atoms with Crippen LogP contribution in [0.15, 0.2) is 0 Å². The Kier molecular flexibility index (Phi) is 4.77. The second-order valence-corrected chi connectivity index (χ2v) is 6.49. The molecule has 104 valence electrons. The van der Waals surface area contributed by atoms with Gasteiger partial charge in [-0.1, -0.05) is 27.7 Å². The van der Waals surface area contributed by atoms with Gasteiger partial charge >= 0.3 is 5.97 Å². The topological polar surface area (TPSA) is 57.6 Å². The standard InChI is InChI=1S/C14H25NO3/c1-10(14(2,3)4)8-12(16)15-7-5-6-11(9-15)13(17)18/h10-11H,5-9H2,1-4H3,(H,17,18)/t10?,11-/m0/s1. The fraction of sp³-hybridized carbons (Fsp3) is 0.857. The lowest BCUT2D eigenvalue weighted by Crippen LogP contribution is -2.43. The molecule has 0 saturated carbocycles. The third-order valence-electron chi connectivity index (χ3n) is 4.08.